The largest absolute Gasteiger partial charge is 0.335 e. The molecule has 0 atom stereocenters. The molecule has 0 spiro atoms. The van der Waals surface area contributed by atoms with Crippen LogP contribution in [-0.2, 0) is 11.2 Å². The van der Waals surface area contributed by atoms with Gasteiger partial charge in [-0.05, 0) is 35.6 Å². The van der Waals surface area contributed by atoms with Gasteiger partial charge in [0.05, 0.1) is 11.4 Å². The van der Waals surface area contributed by atoms with Crippen LogP contribution >= 0.6 is 11.3 Å². The van der Waals surface area contributed by atoms with Crippen molar-refractivity contribution in [3.63, 3.8) is 0 Å². The van der Waals surface area contributed by atoms with Crippen LogP contribution in [0.15, 0.2) is 41.8 Å². The van der Waals surface area contributed by atoms with Gasteiger partial charge in [0.2, 0.25) is 5.91 Å². The van der Waals surface area contributed by atoms with E-state index in [1.807, 2.05) is 40.6 Å². The van der Waals surface area contributed by atoms with E-state index in [9.17, 15) is 9.59 Å². The van der Waals surface area contributed by atoms with Gasteiger partial charge < -0.3 is 10.2 Å². The molecule has 2 amide bonds. The molecule has 132 valence electrons. The van der Waals surface area contributed by atoms with Gasteiger partial charge >= 0.3 is 0 Å². The van der Waals surface area contributed by atoms with Crippen LogP contribution in [0.5, 0.6) is 0 Å². The lowest BCUT2D eigenvalue weighted by molar-refractivity contribution is -0.117. The van der Waals surface area contributed by atoms with Crippen molar-refractivity contribution < 1.29 is 9.59 Å². The van der Waals surface area contributed by atoms with Gasteiger partial charge in [0.15, 0.2) is 0 Å². The van der Waals surface area contributed by atoms with Crippen LogP contribution in [0.1, 0.15) is 22.2 Å². The third kappa shape index (κ3) is 4.67. The summed E-state index contributed by atoms with van der Waals surface area (Å²) in [5.74, 6) is 0.0850. The van der Waals surface area contributed by atoms with Gasteiger partial charge in [-0.3, -0.25) is 14.5 Å². The number of piperazine rings is 1. The lowest BCUT2D eigenvalue weighted by Crippen LogP contribution is -2.50. The summed E-state index contributed by atoms with van der Waals surface area (Å²) in [6.45, 7) is 5.22. The first-order chi connectivity index (χ1) is 12.2. The Kier molecular flexibility index (Phi) is 5.83. The highest BCUT2D eigenvalue weighted by atomic mass is 32.1. The first kappa shape index (κ1) is 17.6. The van der Waals surface area contributed by atoms with Gasteiger partial charge in [-0.2, -0.15) is 0 Å². The standard InChI is InChI=1S/C19H23N3O2S/c1-2-15-5-3-6-16(13-15)20-18(23)14-21-8-10-22(11-9-21)19(24)17-7-4-12-25-17/h3-7,12-13H,2,8-11,14H2,1H3,(H,20,23). The minimum absolute atomic E-state index is 0.00807. The highest BCUT2D eigenvalue weighted by molar-refractivity contribution is 7.12. The molecule has 2 aromatic rings. The van der Waals surface area contributed by atoms with Crippen molar-refractivity contribution in [3.05, 3.63) is 52.2 Å². The monoisotopic (exact) mass is 357 g/mol. The molecule has 1 aromatic carbocycles. The Bertz CT molecular complexity index is 722. The van der Waals surface area contributed by atoms with Crippen LogP contribution in [0.25, 0.3) is 0 Å². The second kappa shape index (κ2) is 8.27. The SMILES string of the molecule is CCc1cccc(NC(=O)CN2CCN(C(=O)c3cccs3)CC2)c1. The number of rotatable bonds is 5. The fraction of sp³-hybridized carbons (Fsp3) is 0.368. The van der Waals surface area contributed by atoms with E-state index in [-0.39, 0.29) is 11.8 Å². The summed E-state index contributed by atoms with van der Waals surface area (Å²) in [7, 11) is 0. The Hall–Kier alpha value is -2.18. The molecule has 1 saturated heterocycles. The summed E-state index contributed by atoms with van der Waals surface area (Å²) in [6, 6.07) is 11.7. The molecule has 5 nitrogen and oxygen atoms in total. The van der Waals surface area contributed by atoms with Gasteiger partial charge in [-0.15, -0.1) is 11.3 Å². The Balaban J connectivity index is 1.47. The average Bonchev–Trinajstić information content (AvgIpc) is 3.16. The lowest BCUT2D eigenvalue weighted by Gasteiger charge is -2.34. The summed E-state index contributed by atoms with van der Waals surface area (Å²) in [5, 5.41) is 4.88. The number of carbonyl (C=O) groups excluding carboxylic acids is 2. The van der Waals surface area contributed by atoms with Crippen LogP contribution < -0.4 is 5.32 Å². The number of nitrogens with one attached hydrogen (secondary N) is 1. The maximum atomic E-state index is 12.3. The van der Waals surface area contributed by atoms with Crippen LogP contribution in [0.4, 0.5) is 5.69 Å². The molecule has 1 aliphatic heterocycles. The molecule has 1 fully saturated rings. The normalized spacial score (nSPS) is 15.2. The first-order valence-corrected chi connectivity index (χ1v) is 9.47. The van der Waals surface area contributed by atoms with E-state index in [0.29, 0.717) is 19.6 Å². The average molecular weight is 357 g/mol. The maximum absolute atomic E-state index is 12.3. The van der Waals surface area contributed by atoms with Crippen molar-refractivity contribution in [3.8, 4) is 0 Å². The molecule has 0 aliphatic carbocycles. The number of hydrogen-bond donors (Lipinski definition) is 1. The van der Waals surface area contributed by atoms with E-state index in [4.69, 9.17) is 0 Å². The van der Waals surface area contributed by atoms with Crippen LogP contribution in [0.2, 0.25) is 0 Å². The number of carbonyl (C=O) groups is 2. The molecule has 1 aliphatic rings. The van der Waals surface area contributed by atoms with Gasteiger partial charge in [-0.25, -0.2) is 0 Å². The molecule has 6 heteroatoms. The highest BCUT2D eigenvalue weighted by Crippen LogP contribution is 2.14. The summed E-state index contributed by atoms with van der Waals surface area (Å²) in [6.07, 6.45) is 0.948. The molecular formula is C19H23N3O2S. The molecular weight excluding hydrogens is 334 g/mol. The van der Waals surface area contributed by atoms with Crippen molar-refractivity contribution in [2.45, 2.75) is 13.3 Å². The highest BCUT2D eigenvalue weighted by Gasteiger charge is 2.23. The summed E-state index contributed by atoms with van der Waals surface area (Å²) in [5.41, 5.74) is 2.05. The lowest BCUT2D eigenvalue weighted by atomic mass is 10.1. The number of thiophene rings is 1. The Labute approximate surface area is 152 Å². The number of anilines is 1. The molecule has 2 heterocycles. The summed E-state index contributed by atoms with van der Waals surface area (Å²) >= 11 is 1.47. The number of aryl methyl sites for hydroxylation is 1. The van der Waals surface area contributed by atoms with Crippen molar-refractivity contribution >= 4 is 28.8 Å². The van der Waals surface area contributed by atoms with Gasteiger partial charge in [0.1, 0.15) is 0 Å². The van der Waals surface area contributed by atoms with Gasteiger partial charge in [0.25, 0.3) is 5.91 Å². The number of amides is 2. The molecule has 1 aromatic heterocycles. The Morgan fingerprint density at radius 2 is 1.92 bits per heavy atom. The predicted octanol–water partition coefficient (Wildman–Crippen LogP) is 2.71. The number of nitrogens with zero attached hydrogens (tertiary/aromatic N) is 2. The van der Waals surface area contributed by atoms with E-state index >= 15 is 0 Å². The molecule has 25 heavy (non-hydrogen) atoms. The minimum Gasteiger partial charge on any atom is -0.335 e. The third-order valence-electron chi connectivity index (χ3n) is 4.38. The van der Waals surface area contributed by atoms with E-state index in [1.165, 1.54) is 16.9 Å². The molecule has 0 radical (unpaired) electrons. The second-order valence-corrected chi connectivity index (χ2v) is 7.10. The number of benzene rings is 1. The molecule has 0 saturated carbocycles. The van der Waals surface area contributed by atoms with E-state index in [0.717, 1.165) is 30.1 Å². The fourth-order valence-electron chi connectivity index (χ4n) is 2.94. The van der Waals surface area contributed by atoms with E-state index in [2.05, 4.69) is 23.2 Å². The van der Waals surface area contributed by atoms with Crippen LogP contribution in [-0.4, -0.2) is 54.3 Å². The first-order valence-electron chi connectivity index (χ1n) is 8.59. The zero-order chi connectivity index (χ0) is 17.6. The topological polar surface area (TPSA) is 52.7 Å². The van der Waals surface area contributed by atoms with Crippen molar-refractivity contribution in [2.24, 2.45) is 0 Å². The molecule has 1 N–H and O–H groups in total. The molecule has 0 bridgehead atoms. The summed E-state index contributed by atoms with van der Waals surface area (Å²) < 4.78 is 0. The van der Waals surface area contributed by atoms with Crippen LogP contribution in [0, 0.1) is 0 Å². The van der Waals surface area contributed by atoms with Gasteiger partial charge in [0, 0.05) is 31.9 Å². The Morgan fingerprint density at radius 3 is 2.60 bits per heavy atom. The molecule has 3 rings (SSSR count). The van der Waals surface area contributed by atoms with E-state index < -0.39 is 0 Å². The Morgan fingerprint density at radius 1 is 1.12 bits per heavy atom. The predicted molar refractivity (Wildman–Crippen MR) is 101 cm³/mol. The quantitative estimate of drug-likeness (QED) is 0.895. The minimum atomic E-state index is -0.00807. The maximum Gasteiger partial charge on any atom is 0.264 e. The van der Waals surface area contributed by atoms with Gasteiger partial charge in [-0.1, -0.05) is 25.1 Å². The van der Waals surface area contributed by atoms with Crippen molar-refractivity contribution in [1.82, 2.24) is 9.80 Å². The zero-order valence-corrected chi connectivity index (χ0v) is 15.2. The van der Waals surface area contributed by atoms with Crippen molar-refractivity contribution in [2.75, 3.05) is 38.0 Å². The van der Waals surface area contributed by atoms with Crippen molar-refractivity contribution in [1.29, 1.82) is 0 Å². The molecule has 0 unspecified atom stereocenters. The third-order valence-corrected chi connectivity index (χ3v) is 5.24. The smallest absolute Gasteiger partial charge is 0.264 e. The fourth-order valence-corrected chi connectivity index (χ4v) is 3.63. The number of hydrogen-bond acceptors (Lipinski definition) is 4. The van der Waals surface area contributed by atoms with Crippen LogP contribution in [0.3, 0.4) is 0 Å². The van der Waals surface area contributed by atoms with E-state index in [1.54, 1.807) is 0 Å². The second-order valence-electron chi connectivity index (χ2n) is 6.15. The summed E-state index contributed by atoms with van der Waals surface area (Å²) in [4.78, 5) is 29.3. The zero-order valence-electron chi connectivity index (χ0n) is 14.4.